The van der Waals surface area contributed by atoms with Crippen LogP contribution >= 0.6 is 27.3 Å². The predicted molar refractivity (Wildman–Crippen MR) is 56.4 cm³/mol. The van der Waals surface area contributed by atoms with Crippen LogP contribution in [0.15, 0.2) is 9.85 Å². The van der Waals surface area contributed by atoms with Crippen molar-refractivity contribution < 1.29 is 0 Å². The van der Waals surface area contributed by atoms with Crippen LogP contribution in [0.1, 0.15) is 29.3 Å². The Bertz CT molecular complexity index is 271. The molecule has 1 fully saturated rings. The lowest BCUT2D eigenvalue weighted by atomic mass is 10.1. The van der Waals surface area contributed by atoms with Gasteiger partial charge in [0.05, 0.1) is 3.79 Å². The molecule has 1 aromatic heterocycles. The topological polar surface area (TPSA) is 26.0 Å². The molecule has 12 heavy (non-hydrogen) atoms. The molecule has 2 N–H and O–H groups in total. The first-order valence-electron chi connectivity index (χ1n) is 4.20. The van der Waals surface area contributed by atoms with Crippen molar-refractivity contribution in [2.24, 2.45) is 11.7 Å². The molecule has 1 aliphatic carbocycles. The summed E-state index contributed by atoms with van der Waals surface area (Å²) >= 11 is 5.30. The molecule has 0 aliphatic heterocycles. The van der Waals surface area contributed by atoms with Gasteiger partial charge in [-0.3, -0.25) is 0 Å². The highest BCUT2D eigenvalue weighted by Gasteiger charge is 2.30. The van der Waals surface area contributed by atoms with Gasteiger partial charge in [0.25, 0.3) is 0 Å². The highest BCUT2D eigenvalue weighted by atomic mass is 79.9. The number of nitrogens with two attached hydrogens (primary N) is 1. The molecule has 3 heteroatoms. The number of thiophene rings is 1. The van der Waals surface area contributed by atoms with E-state index in [2.05, 4.69) is 28.9 Å². The number of halogens is 1. The van der Waals surface area contributed by atoms with E-state index >= 15 is 0 Å². The van der Waals surface area contributed by atoms with Crippen molar-refractivity contribution >= 4 is 27.3 Å². The van der Waals surface area contributed by atoms with E-state index in [1.165, 1.54) is 27.1 Å². The third kappa shape index (κ3) is 1.58. The standard InChI is InChI=1S/C9H12BrNS/c1-5-4-7(12-9(5)10)8(11)6-2-3-6/h4,6,8H,2-3,11H2,1H3. The van der Waals surface area contributed by atoms with Gasteiger partial charge in [-0.25, -0.2) is 0 Å². The fourth-order valence-corrected chi connectivity index (χ4v) is 3.00. The molecular weight excluding hydrogens is 234 g/mol. The van der Waals surface area contributed by atoms with Gasteiger partial charge in [0.2, 0.25) is 0 Å². The van der Waals surface area contributed by atoms with Crippen molar-refractivity contribution in [3.63, 3.8) is 0 Å². The van der Waals surface area contributed by atoms with Gasteiger partial charge in [-0.15, -0.1) is 11.3 Å². The normalized spacial score (nSPS) is 19.6. The summed E-state index contributed by atoms with van der Waals surface area (Å²) in [7, 11) is 0. The van der Waals surface area contributed by atoms with Crippen LogP contribution in [-0.2, 0) is 0 Å². The Morgan fingerprint density at radius 2 is 2.33 bits per heavy atom. The Morgan fingerprint density at radius 1 is 1.67 bits per heavy atom. The quantitative estimate of drug-likeness (QED) is 0.851. The molecule has 0 aromatic carbocycles. The van der Waals surface area contributed by atoms with Gasteiger partial charge >= 0.3 is 0 Å². The summed E-state index contributed by atoms with van der Waals surface area (Å²) in [6.45, 7) is 2.11. The number of aryl methyl sites for hydroxylation is 1. The lowest BCUT2D eigenvalue weighted by Crippen LogP contribution is -2.10. The lowest BCUT2D eigenvalue weighted by molar-refractivity contribution is 0.644. The smallest absolute Gasteiger partial charge is 0.0731 e. The lowest BCUT2D eigenvalue weighted by Gasteiger charge is -2.05. The Labute approximate surface area is 85.1 Å². The highest BCUT2D eigenvalue weighted by molar-refractivity contribution is 9.11. The monoisotopic (exact) mass is 245 g/mol. The minimum atomic E-state index is 0.292. The fraction of sp³-hybridized carbons (Fsp3) is 0.556. The zero-order valence-corrected chi connectivity index (χ0v) is 9.41. The second-order valence-electron chi connectivity index (χ2n) is 3.47. The third-order valence-electron chi connectivity index (χ3n) is 2.33. The average Bonchev–Trinajstić information content (AvgIpc) is 2.80. The van der Waals surface area contributed by atoms with E-state index in [0.29, 0.717) is 6.04 Å². The zero-order chi connectivity index (χ0) is 8.72. The molecule has 0 saturated heterocycles. The maximum absolute atomic E-state index is 6.07. The van der Waals surface area contributed by atoms with Crippen LogP contribution in [0.5, 0.6) is 0 Å². The first-order valence-corrected chi connectivity index (χ1v) is 5.81. The Kier molecular flexibility index (Phi) is 2.27. The van der Waals surface area contributed by atoms with Crippen LogP contribution in [0.4, 0.5) is 0 Å². The van der Waals surface area contributed by atoms with Crippen molar-refractivity contribution in [1.82, 2.24) is 0 Å². The number of rotatable bonds is 2. The fourth-order valence-electron chi connectivity index (χ4n) is 1.34. The molecule has 1 unspecified atom stereocenters. The van der Waals surface area contributed by atoms with E-state index in [1.54, 1.807) is 11.3 Å². The van der Waals surface area contributed by atoms with Gasteiger partial charge in [0.15, 0.2) is 0 Å². The van der Waals surface area contributed by atoms with Crippen LogP contribution < -0.4 is 5.73 Å². The summed E-state index contributed by atoms with van der Waals surface area (Å²) < 4.78 is 1.23. The second-order valence-corrected chi connectivity index (χ2v) is 5.87. The van der Waals surface area contributed by atoms with E-state index in [1.807, 2.05) is 0 Å². The molecule has 1 nitrogen and oxygen atoms in total. The molecule has 0 bridgehead atoms. The molecule has 1 saturated carbocycles. The molecule has 0 amide bonds. The van der Waals surface area contributed by atoms with E-state index in [9.17, 15) is 0 Å². The van der Waals surface area contributed by atoms with Crippen molar-refractivity contribution in [1.29, 1.82) is 0 Å². The molecule has 0 spiro atoms. The van der Waals surface area contributed by atoms with Gasteiger partial charge in [0, 0.05) is 10.9 Å². The Balaban J connectivity index is 2.21. The summed E-state index contributed by atoms with van der Waals surface area (Å²) in [6.07, 6.45) is 2.63. The molecule has 2 rings (SSSR count). The number of hydrogen-bond acceptors (Lipinski definition) is 2. The molecule has 1 heterocycles. The van der Waals surface area contributed by atoms with Gasteiger partial charge in [0.1, 0.15) is 0 Å². The van der Waals surface area contributed by atoms with Crippen LogP contribution in [0, 0.1) is 12.8 Å². The van der Waals surface area contributed by atoms with E-state index < -0.39 is 0 Å². The summed E-state index contributed by atoms with van der Waals surface area (Å²) in [5.74, 6) is 0.759. The van der Waals surface area contributed by atoms with Crippen LogP contribution in [-0.4, -0.2) is 0 Å². The van der Waals surface area contributed by atoms with Crippen molar-refractivity contribution in [3.8, 4) is 0 Å². The number of hydrogen-bond donors (Lipinski definition) is 1. The molecule has 0 radical (unpaired) electrons. The molecular formula is C9H12BrNS. The minimum Gasteiger partial charge on any atom is -0.323 e. The maximum atomic E-state index is 6.07. The van der Waals surface area contributed by atoms with Crippen molar-refractivity contribution in [3.05, 3.63) is 20.3 Å². The Hall–Kier alpha value is 0.140. The first kappa shape index (κ1) is 8.73. The van der Waals surface area contributed by atoms with Gasteiger partial charge < -0.3 is 5.73 Å². The molecule has 66 valence electrons. The van der Waals surface area contributed by atoms with Gasteiger partial charge in [-0.1, -0.05) is 0 Å². The SMILES string of the molecule is Cc1cc(C(N)C2CC2)sc1Br. The predicted octanol–water partition coefficient (Wildman–Crippen LogP) is 3.23. The largest absolute Gasteiger partial charge is 0.323 e. The van der Waals surface area contributed by atoms with E-state index in [0.717, 1.165) is 5.92 Å². The van der Waals surface area contributed by atoms with E-state index in [-0.39, 0.29) is 0 Å². The summed E-state index contributed by atoms with van der Waals surface area (Å²) in [6, 6.07) is 2.50. The van der Waals surface area contributed by atoms with Crippen LogP contribution in [0.2, 0.25) is 0 Å². The molecule has 1 aliphatic rings. The van der Waals surface area contributed by atoms with Gasteiger partial charge in [-0.2, -0.15) is 0 Å². The summed E-state index contributed by atoms with van der Waals surface area (Å²) in [5, 5.41) is 0. The first-order chi connectivity index (χ1) is 5.68. The second kappa shape index (κ2) is 3.13. The highest BCUT2D eigenvalue weighted by Crippen LogP contribution is 2.42. The average molecular weight is 246 g/mol. The minimum absolute atomic E-state index is 0.292. The van der Waals surface area contributed by atoms with Gasteiger partial charge in [-0.05, 0) is 53.2 Å². The Morgan fingerprint density at radius 3 is 2.75 bits per heavy atom. The maximum Gasteiger partial charge on any atom is 0.0731 e. The summed E-state index contributed by atoms with van der Waals surface area (Å²) in [4.78, 5) is 1.34. The third-order valence-corrected chi connectivity index (χ3v) is 4.57. The molecule has 1 aromatic rings. The van der Waals surface area contributed by atoms with E-state index in [4.69, 9.17) is 5.73 Å². The van der Waals surface area contributed by atoms with Crippen molar-refractivity contribution in [2.75, 3.05) is 0 Å². The zero-order valence-electron chi connectivity index (χ0n) is 7.01. The van der Waals surface area contributed by atoms with Crippen molar-refractivity contribution in [2.45, 2.75) is 25.8 Å². The molecule has 1 atom stereocenters. The van der Waals surface area contributed by atoms with Crippen LogP contribution in [0.25, 0.3) is 0 Å². The summed E-state index contributed by atoms with van der Waals surface area (Å²) in [5.41, 5.74) is 7.38. The van der Waals surface area contributed by atoms with Crippen LogP contribution in [0.3, 0.4) is 0 Å².